The van der Waals surface area contributed by atoms with Gasteiger partial charge in [-0.05, 0) is 25.0 Å². The van der Waals surface area contributed by atoms with Crippen molar-refractivity contribution < 1.29 is 14.2 Å². The van der Waals surface area contributed by atoms with Crippen LogP contribution in [0.2, 0.25) is 0 Å². The van der Waals surface area contributed by atoms with E-state index in [4.69, 9.17) is 14.2 Å². The molecule has 1 saturated heterocycles. The molecule has 4 atom stereocenters. The summed E-state index contributed by atoms with van der Waals surface area (Å²) in [5, 5.41) is 0. The molecule has 5 rings (SSSR count). The lowest BCUT2D eigenvalue weighted by atomic mass is 9.78. The first-order valence-corrected chi connectivity index (χ1v) is 8.75. The second-order valence-electron chi connectivity index (χ2n) is 6.83. The highest BCUT2D eigenvalue weighted by atomic mass is 16.8. The molecule has 0 aliphatic carbocycles. The maximum Gasteiger partial charge on any atom is 0.210 e. The van der Waals surface area contributed by atoms with E-state index >= 15 is 0 Å². The van der Waals surface area contributed by atoms with Crippen LogP contribution >= 0.6 is 0 Å². The van der Waals surface area contributed by atoms with Crippen LogP contribution in [0, 0.1) is 11.8 Å². The van der Waals surface area contributed by atoms with Gasteiger partial charge in [0.25, 0.3) is 0 Å². The summed E-state index contributed by atoms with van der Waals surface area (Å²) in [4.78, 5) is 0. The summed E-state index contributed by atoms with van der Waals surface area (Å²) in [6, 6.07) is 20.9. The Labute approximate surface area is 147 Å². The summed E-state index contributed by atoms with van der Waals surface area (Å²) in [7, 11) is 0. The Morgan fingerprint density at radius 3 is 1.40 bits per heavy atom. The van der Waals surface area contributed by atoms with Gasteiger partial charge in [0.15, 0.2) is 0 Å². The van der Waals surface area contributed by atoms with E-state index in [-0.39, 0.29) is 24.4 Å². The Kier molecular flexibility index (Phi) is 3.25. The molecule has 3 heteroatoms. The Morgan fingerprint density at radius 2 is 1.00 bits per heavy atom. The second-order valence-corrected chi connectivity index (χ2v) is 6.83. The Balaban J connectivity index is 1.61. The molecule has 2 aromatic carbocycles. The van der Waals surface area contributed by atoms with Crippen molar-refractivity contribution >= 4 is 11.1 Å². The number of hydrogen-bond donors (Lipinski definition) is 0. The molecule has 25 heavy (non-hydrogen) atoms. The van der Waals surface area contributed by atoms with Crippen molar-refractivity contribution in [2.75, 3.05) is 0 Å². The predicted molar refractivity (Wildman–Crippen MR) is 95.9 cm³/mol. The van der Waals surface area contributed by atoms with E-state index in [1.54, 1.807) is 0 Å². The summed E-state index contributed by atoms with van der Waals surface area (Å²) in [6.07, 6.45) is -0.533. The largest absolute Gasteiger partial charge is 0.468 e. The minimum absolute atomic E-state index is 0.153. The average molecular weight is 332 g/mol. The quantitative estimate of drug-likeness (QED) is 0.789. The smallest absolute Gasteiger partial charge is 0.210 e. The van der Waals surface area contributed by atoms with Gasteiger partial charge >= 0.3 is 0 Å². The summed E-state index contributed by atoms with van der Waals surface area (Å²) in [6.45, 7) is 4.07. The molecule has 0 radical (unpaired) electrons. The molecule has 1 fully saturated rings. The van der Waals surface area contributed by atoms with Gasteiger partial charge < -0.3 is 14.2 Å². The first-order chi connectivity index (χ1) is 12.2. The number of ether oxygens (including phenoxy) is 3. The Hall–Kier alpha value is -2.52. The molecule has 0 bridgehead atoms. The van der Waals surface area contributed by atoms with Crippen molar-refractivity contribution in [1.82, 2.24) is 0 Å². The van der Waals surface area contributed by atoms with Crippen LogP contribution in [0.5, 0.6) is 0 Å². The van der Waals surface area contributed by atoms with Crippen LogP contribution < -0.4 is 0 Å². The van der Waals surface area contributed by atoms with Gasteiger partial charge in [-0.25, -0.2) is 0 Å². The third kappa shape index (κ3) is 2.16. The zero-order valence-corrected chi connectivity index (χ0v) is 14.3. The number of rotatable bonds is 2. The van der Waals surface area contributed by atoms with E-state index in [1.807, 2.05) is 26.0 Å². The van der Waals surface area contributed by atoms with Crippen molar-refractivity contribution in [3.05, 3.63) is 83.3 Å². The molecule has 126 valence electrons. The van der Waals surface area contributed by atoms with Gasteiger partial charge in [0.2, 0.25) is 12.6 Å². The van der Waals surface area contributed by atoms with Crippen LogP contribution in [0.15, 0.2) is 72.2 Å². The van der Waals surface area contributed by atoms with Crippen molar-refractivity contribution in [3.63, 3.8) is 0 Å². The van der Waals surface area contributed by atoms with Crippen LogP contribution in [-0.2, 0) is 14.2 Å². The van der Waals surface area contributed by atoms with Crippen molar-refractivity contribution in [1.29, 1.82) is 0 Å². The van der Waals surface area contributed by atoms with Crippen LogP contribution in [0.3, 0.4) is 0 Å². The highest BCUT2D eigenvalue weighted by molar-refractivity contribution is 5.78. The maximum absolute atomic E-state index is 6.13. The number of hydrogen-bond acceptors (Lipinski definition) is 3. The SMILES string of the molecule is CC1=C(c2ccccc2)[C@@H]2[C@H](O1)O[C@H]1OC(C)=C(c3ccccc3)[C@H]12. The highest BCUT2D eigenvalue weighted by Crippen LogP contribution is 2.56. The fraction of sp³-hybridized carbons (Fsp3) is 0.273. The normalized spacial score (nSPS) is 30.2. The number of fused-ring (bicyclic) bond motifs is 3. The molecule has 0 saturated carbocycles. The third-order valence-corrected chi connectivity index (χ3v) is 5.42. The Morgan fingerprint density at radius 1 is 0.600 bits per heavy atom. The van der Waals surface area contributed by atoms with Gasteiger partial charge in [-0.2, -0.15) is 0 Å². The molecular weight excluding hydrogens is 312 g/mol. The van der Waals surface area contributed by atoms with E-state index < -0.39 is 0 Å². The lowest BCUT2D eigenvalue weighted by Crippen LogP contribution is -2.20. The van der Waals surface area contributed by atoms with E-state index in [2.05, 4.69) is 48.5 Å². The predicted octanol–water partition coefficient (Wildman–Crippen LogP) is 4.82. The monoisotopic (exact) mass is 332 g/mol. The zero-order chi connectivity index (χ0) is 17.0. The molecule has 3 aliphatic heterocycles. The van der Waals surface area contributed by atoms with E-state index in [0.29, 0.717) is 0 Å². The molecule has 3 aliphatic rings. The van der Waals surface area contributed by atoms with E-state index in [9.17, 15) is 0 Å². The van der Waals surface area contributed by atoms with Gasteiger partial charge in [-0.15, -0.1) is 0 Å². The minimum atomic E-state index is -0.267. The maximum atomic E-state index is 6.13. The van der Waals surface area contributed by atoms with Crippen molar-refractivity contribution in [3.8, 4) is 0 Å². The van der Waals surface area contributed by atoms with Crippen LogP contribution in [0.1, 0.15) is 25.0 Å². The second kappa shape index (κ2) is 5.50. The highest BCUT2D eigenvalue weighted by Gasteiger charge is 2.57. The topological polar surface area (TPSA) is 27.7 Å². The lowest BCUT2D eigenvalue weighted by Gasteiger charge is -2.19. The molecule has 3 heterocycles. The summed E-state index contributed by atoms with van der Waals surface area (Å²) in [5.74, 6) is 2.22. The third-order valence-electron chi connectivity index (χ3n) is 5.42. The first kappa shape index (κ1) is 14.8. The minimum Gasteiger partial charge on any atom is -0.468 e. The molecule has 0 unspecified atom stereocenters. The van der Waals surface area contributed by atoms with Gasteiger partial charge in [0.1, 0.15) is 11.5 Å². The molecule has 0 spiro atoms. The van der Waals surface area contributed by atoms with Gasteiger partial charge in [-0.3, -0.25) is 0 Å². The first-order valence-electron chi connectivity index (χ1n) is 8.75. The van der Waals surface area contributed by atoms with Gasteiger partial charge in [-0.1, -0.05) is 60.7 Å². The van der Waals surface area contributed by atoms with Gasteiger partial charge in [0, 0.05) is 11.1 Å². The number of allylic oxidation sites excluding steroid dienone is 2. The lowest BCUT2D eigenvalue weighted by molar-refractivity contribution is -0.174. The van der Waals surface area contributed by atoms with E-state index in [1.165, 1.54) is 22.3 Å². The fourth-order valence-corrected chi connectivity index (χ4v) is 4.45. The average Bonchev–Trinajstić information content (AvgIpc) is 3.22. The molecule has 0 amide bonds. The van der Waals surface area contributed by atoms with Crippen LogP contribution in [0.25, 0.3) is 11.1 Å². The molecule has 2 aromatic rings. The zero-order valence-electron chi connectivity index (χ0n) is 14.3. The van der Waals surface area contributed by atoms with Crippen molar-refractivity contribution in [2.45, 2.75) is 26.4 Å². The molecule has 0 aromatic heterocycles. The number of benzene rings is 2. The molecular formula is C22H20O3. The van der Waals surface area contributed by atoms with Gasteiger partial charge in [0.05, 0.1) is 11.8 Å². The summed E-state index contributed by atoms with van der Waals surface area (Å²) in [5.41, 5.74) is 4.89. The Bertz CT molecular complexity index is 793. The standard InChI is InChI=1S/C22H20O3/c1-13-17(15-9-5-3-6-10-15)19-20-18(16-11-7-4-8-12-16)14(2)24-22(20)25-21(19)23-13/h3-12,19-22H,1-2H3/t19-,20-,21+,22+/m0/s1. The van der Waals surface area contributed by atoms with Crippen molar-refractivity contribution in [2.24, 2.45) is 11.8 Å². The van der Waals surface area contributed by atoms with Crippen LogP contribution in [0.4, 0.5) is 0 Å². The summed E-state index contributed by atoms with van der Waals surface area (Å²) >= 11 is 0. The fourth-order valence-electron chi connectivity index (χ4n) is 4.45. The molecule has 0 N–H and O–H groups in total. The summed E-state index contributed by atoms with van der Waals surface area (Å²) < 4.78 is 18.3. The molecule has 3 nitrogen and oxygen atoms in total. The van der Waals surface area contributed by atoms with E-state index in [0.717, 1.165) is 11.5 Å². The van der Waals surface area contributed by atoms with Crippen LogP contribution in [-0.4, -0.2) is 12.6 Å².